The SMILES string of the molecule is COc1ccc2cnc(CCN3CCOCC3)n2c1. The Morgan fingerprint density at radius 1 is 1.32 bits per heavy atom. The first-order valence-electron chi connectivity index (χ1n) is 6.67. The number of ether oxygens (including phenoxy) is 2. The molecule has 102 valence electrons. The number of nitrogens with zero attached hydrogens (tertiary/aromatic N) is 3. The molecule has 19 heavy (non-hydrogen) atoms. The van der Waals surface area contributed by atoms with Crippen molar-refractivity contribution in [3.8, 4) is 5.75 Å². The highest BCUT2D eigenvalue weighted by atomic mass is 16.5. The number of methoxy groups -OCH3 is 1. The predicted molar refractivity (Wildman–Crippen MR) is 72.7 cm³/mol. The number of hydrogen-bond acceptors (Lipinski definition) is 4. The number of imidazole rings is 1. The molecule has 2 aromatic rings. The van der Waals surface area contributed by atoms with Gasteiger partial charge in [0.2, 0.25) is 0 Å². The van der Waals surface area contributed by atoms with Crippen LogP contribution >= 0.6 is 0 Å². The van der Waals surface area contributed by atoms with Crippen LogP contribution in [0.3, 0.4) is 0 Å². The molecule has 3 rings (SSSR count). The predicted octanol–water partition coefficient (Wildman–Crippen LogP) is 1.22. The minimum Gasteiger partial charge on any atom is -0.495 e. The molecule has 0 saturated carbocycles. The molecule has 0 aliphatic carbocycles. The Morgan fingerprint density at radius 3 is 2.95 bits per heavy atom. The lowest BCUT2D eigenvalue weighted by Gasteiger charge is -2.26. The summed E-state index contributed by atoms with van der Waals surface area (Å²) in [7, 11) is 1.69. The zero-order valence-electron chi connectivity index (χ0n) is 11.2. The third-order valence-corrected chi connectivity index (χ3v) is 3.57. The minimum atomic E-state index is 0.843. The summed E-state index contributed by atoms with van der Waals surface area (Å²) in [5, 5.41) is 0. The van der Waals surface area contributed by atoms with Crippen molar-refractivity contribution in [3.05, 3.63) is 30.4 Å². The summed E-state index contributed by atoms with van der Waals surface area (Å²) in [4.78, 5) is 6.93. The van der Waals surface area contributed by atoms with Gasteiger partial charge < -0.3 is 9.47 Å². The van der Waals surface area contributed by atoms with E-state index < -0.39 is 0 Å². The van der Waals surface area contributed by atoms with Gasteiger partial charge in [-0.2, -0.15) is 0 Å². The van der Waals surface area contributed by atoms with Gasteiger partial charge in [-0.1, -0.05) is 0 Å². The maximum Gasteiger partial charge on any atom is 0.135 e. The molecule has 1 fully saturated rings. The quantitative estimate of drug-likeness (QED) is 0.829. The molecule has 0 N–H and O–H groups in total. The highest BCUT2D eigenvalue weighted by molar-refractivity contribution is 5.48. The fraction of sp³-hybridized carbons (Fsp3) is 0.500. The van der Waals surface area contributed by atoms with Gasteiger partial charge in [-0.3, -0.25) is 9.30 Å². The van der Waals surface area contributed by atoms with Crippen LogP contribution in [0, 0.1) is 0 Å². The highest BCUT2D eigenvalue weighted by Gasteiger charge is 2.12. The molecule has 1 aliphatic rings. The molecule has 0 radical (unpaired) electrons. The van der Waals surface area contributed by atoms with Crippen LogP contribution in [0.25, 0.3) is 5.52 Å². The minimum absolute atomic E-state index is 0.843. The van der Waals surface area contributed by atoms with Gasteiger partial charge >= 0.3 is 0 Å². The number of aromatic nitrogens is 2. The van der Waals surface area contributed by atoms with Crippen LogP contribution in [0.15, 0.2) is 24.5 Å². The fourth-order valence-electron chi connectivity index (χ4n) is 2.41. The number of fused-ring (bicyclic) bond motifs is 1. The second-order valence-corrected chi connectivity index (χ2v) is 4.74. The average molecular weight is 261 g/mol. The van der Waals surface area contributed by atoms with Crippen molar-refractivity contribution < 1.29 is 9.47 Å². The van der Waals surface area contributed by atoms with Crippen LogP contribution < -0.4 is 4.74 Å². The van der Waals surface area contributed by atoms with E-state index in [4.69, 9.17) is 9.47 Å². The van der Waals surface area contributed by atoms with Crippen LogP contribution in [-0.2, 0) is 11.2 Å². The molecule has 0 spiro atoms. The standard InChI is InChI=1S/C14H19N3O2/c1-18-13-3-2-12-10-15-14(17(12)11-13)4-5-16-6-8-19-9-7-16/h2-3,10-11H,4-9H2,1H3. The third-order valence-electron chi connectivity index (χ3n) is 3.57. The lowest BCUT2D eigenvalue weighted by Crippen LogP contribution is -2.37. The topological polar surface area (TPSA) is 39.0 Å². The van der Waals surface area contributed by atoms with Gasteiger partial charge in [0.1, 0.15) is 11.6 Å². The molecule has 2 aromatic heterocycles. The van der Waals surface area contributed by atoms with E-state index in [1.807, 2.05) is 24.5 Å². The van der Waals surface area contributed by atoms with Gasteiger partial charge in [0.25, 0.3) is 0 Å². The zero-order valence-corrected chi connectivity index (χ0v) is 11.2. The second-order valence-electron chi connectivity index (χ2n) is 4.74. The zero-order chi connectivity index (χ0) is 13.1. The average Bonchev–Trinajstić information content (AvgIpc) is 2.88. The van der Waals surface area contributed by atoms with Crippen molar-refractivity contribution in [3.63, 3.8) is 0 Å². The molecule has 0 atom stereocenters. The normalized spacial score (nSPS) is 16.9. The Balaban J connectivity index is 1.72. The van der Waals surface area contributed by atoms with Gasteiger partial charge in [-0.05, 0) is 12.1 Å². The summed E-state index contributed by atoms with van der Waals surface area (Å²) in [6.45, 7) is 4.76. The first kappa shape index (κ1) is 12.4. The lowest BCUT2D eigenvalue weighted by atomic mass is 10.3. The van der Waals surface area contributed by atoms with Crippen LogP contribution in [0.5, 0.6) is 5.75 Å². The van der Waals surface area contributed by atoms with E-state index >= 15 is 0 Å². The Kier molecular flexibility index (Phi) is 3.66. The van der Waals surface area contributed by atoms with Gasteiger partial charge in [-0.15, -0.1) is 0 Å². The molecule has 0 unspecified atom stereocenters. The third kappa shape index (κ3) is 2.72. The van der Waals surface area contributed by atoms with Crippen LogP contribution in [0.4, 0.5) is 0 Å². The van der Waals surface area contributed by atoms with E-state index in [9.17, 15) is 0 Å². The summed E-state index contributed by atoms with van der Waals surface area (Å²) < 4.78 is 12.7. The summed E-state index contributed by atoms with van der Waals surface area (Å²) in [5.74, 6) is 1.94. The first-order chi connectivity index (χ1) is 9.36. The monoisotopic (exact) mass is 261 g/mol. The molecular formula is C14H19N3O2. The number of hydrogen-bond donors (Lipinski definition) is 0. The summed E-state index contributed by atoms with van der Waals surface area (Å²) >= 11 is 0. The largest absolute Gasteiger partial charge is 0.495 e. The molecule has 5 nitrogen and oxygen atoms in total. The Bertz CT molecular complexity index is 547. The molecule has 0 amide bonds. The second kappa shape index (κ2) is 5.59. The van der Waals surface area contributed by atoms with Crippen molar-refractivity contribution in [2.75, 3.05) is 40.0 Å². The first-order valence-corrected chi connectivity index (χ1v) is 6.67. The Labute approximate surface area is 112 Å². The number of rotatable bonds is 4. The summed E-state index contributed by atoms with van der Waals surface area (Å²) in [6, 6.07) is 3.99. The molecule has 1 aliphatic heterocycles. The van der Waals surface area contributed by atoms with Crippen molar-refractivity contribution >= 4 is 5.52 Å². The smallest absolute Gasteiger partial charge is 0.135 e. The van der Waals surface area contributed by atoms with Crippen LogP contribution in [0.1, 0.15) is 5.82 Å². The molecule has 1 saturated heterocycles. The fourth-order valence-corrected chi connectivity index (χ4v) is 2.41. The van der Waals surface area contributed by atoms with E-state index in [1.54, 1.807) is 7.11 Å². The van der Waals surface area contributed by atoms with E-state index in [1.165, 1.54) is 0 Å². The van der Waals surface area contributed by atoms with Gasteiger partial charge in [0.15, 0.2) is 0 Å². The van der Waals surface area contributed by atoms with E-state index in [0.717, 1.165) is 56.4 Å². The van der Waals surface area contributed by atoms with E-state index in [2.05, 4.69) is 14.3 Å². The maximum absolute atomic E-state index is 5.36. The number of morpholine rings is 1. The molecule has 5 heteroatoms. The van der Waals surface area contributed by atoms with Gasteiger partial charge in [0, 0.05) is 26.1 Å². The molecule has 3 heterocycles. The highest BCUT2D eigenvalue weighted by Crippen LogP contribution is 2.15. The van der Waals surface area contributed by atoms with Gasteiger partial charge in [0.05, 0.1) is 38.2 Å². The maximum atomic E-state index is 5.36. The van der Waals surface area contributed by atoms with Crippen LogP contribution in [0.2, 0.25) is 0 Å². The summed E-state index contributed by atoms with van der Waals surface area (Å²) in [5.41, 5.74) is 1.11. The van der Waals surface area contributed by atoms with Crippen molar-refractivity contribution in [2.24, 2.45) is 0 Å². The summed E-state index contributed by atoms with van der Waals surface area (Å²) in [6.07, 6.45) is 4.85. The van der Waals surface area contributed by atoms with E-state index in [-0.39, 0.29) is 0 Å². The Hall–Kier alpha value is -1.59. The van der Waals surface area contributed by atoms with Crippen molar-refractivity contribution in [1.29, 1.82) is 0 Å². The molecular weight excluding hydrogens is 242 g/mol. The number of pyridine rings is 1. The lowest BCUT2D eigenvalue weighted by molar-refractivity contribution is 0.0382. The Morgan fingerprint density at radius 2 is 2.16 bits per heavy atom. The van der Waals surface area contributed by atoms with Crippen molar-refractivity contribution in [1.82, 2.24) is 14.3 Å². The van der Waals surface area contributed by atoms with Gasteiger partial charge in [-0.25, -0.2) is 4.98 Å². The molecule has 0 bridgehead atoms. The van der Waals surface area contributed by atoms with E-state index in [0.29, 0.717) is 0 Å². The van der Waals surface area contributed by atoms with Crippen molar-refractivity contribution in [2.45, 2.75) is 6.42 Å². The van der Waals surface area contributed by atoms with Crippen LogP contribution in [-0.4, -0.2) is 54.2 Å². The molecule has 0 aromatic carbocycles.